The van der Waals surface area contributed by atoms with Gasteiger partial charge in [0.15, 0.2) is 0 Å². The number of rotatable bonds is 2. The molecule has 0 saturated carbocycles. The van der Waals surface area contributed by atoms with Crippen LogP contribution in [0.1, 0.15) is 33.5 Å². The number of carbonyl (C=O) groups is 1. The van der Waals surface area contributed by atoms with Crippen molar-refractivity contribution >= 4 is 33.4 Å². The van der Waals surface area contributed by atoms with E-state index in [9.17, 15) is 18.0 Å². The van der Waals surface area contributed by atoms with E-state index in [0.717, 1.165) is 11.5 Å². The van der Waals surface area contributed by atoms with Gasteiger partial charge in [0.05, 0.1) is 36.7 Å². The summed E-state index contributed by atoms with van der Waals surface area (Å²) in [5.74, 6) is -0.0910. The maximum atomic E-state index is 13.3. The average molecular weight is 454 g/mol. The first-order chi connectivity index (χ1) is 15.7. The number of hydrogen-bond acceptors (Lipinski definition) is 7. The highest BCUT2D eigenvalue weighted by Crippen LogP contribution is 2.34. The quantitative estimate of drug-likeness (QED) is 0.462. The van der Waals surface area contributed by atoms with Crippen molar-refractivity contribution in [3.05, 3.63) is 65.5 Å². The van der Waals surface area contributed by atoms with E-state index in [1.807, 2.05) is 0 Å². The summed E-state index contributed by atoms with van der Waals surface area (Å²) in [6.45, 7) is 0.0683. The van der Waals surface area contributed by atoms with E-state index in [-0.39, 0.29) is 24.6 Å². The predicted molar refractivity (Wildman–Crippen MR) is 113 cm³/mol. The minimum Gasteiger partial charge on any atom is -0.383 e. The Hall–Kier alpha value is -3.86. The molecule has 5 rings (SSSR count). The van der Waals surface area contributed by atoms with Gasteiger partial charge in [-0.1, -0.05) is 6.07 Å². The second-order valence-electron chi connectivity index (χ2n) is 7.68. The van der Waals surface area contributed by atoms with Crippen LogP contribution in [0.3, 0.4) is 0 Å². The zero-order valence-corrected chi connectivity index (χ0v) is 17.3. The number of carbonyl (C=O) groups excluding carboxylic acids is 1. The van der Waals surface area contributed by atoms with Crippen LogP contribution in [-0.4, -0.2) is 44.4 Å². The van der Waals surface area contributed by atoms with Crippen molar-refractivity contribution in [3.63, 3.8) is 0 Å². The molecule has 0 bridgehead atoms. The molecule has 168 valence electrons. The number of fused-ring (bicyclic) bond motifs is 4. The number of aromatic nitrogens is 4. The summed E-state index contributed by atoms with van der Waals surface area (Å²) in [7, 11) is 1.55. The van der Waals surface area contributed by atoms with Crippen molar-refractivity contribution < 1.29 is 22.7 Å². The highest BCUT2D eigenvalue weighted by molar-refractivity contribution is 6.10. The Morgan fingerprint density at radius 3 is 2.76 bits per heavy atom. The maximum Gasteiger partial charge on any atom is 0.433 e. The van der Waals surface area contributed by atoms with Gasteiger partial charge in [0, 0.05) is 41.2 Å². The number of nitrogen functional groups attached to an aromatic ring is 1. The Morgan fingerprint density at radius 1 is 1.15 bits per heavy atom. The summed E-state index contributed by atoms with van der Waals surface area (Å²) in [5.41, 5.74) is 6.35. The molecule has 1 amide bonds. The zero-order valence-electron chi connectivity index (χ0n) is 17.3. The lowest BCUT2D eigenvalue weighted by Gasteiger charge is -2.32. The fourth-order valence-corrected chi connectivity index (χ4v) is 3.98. The Morgan fingerprint density at radius 2 is 1.97 bits per heavy atom. The Bertz CT molecular complexity index is 1410. The number of ether oxygens (including phenoxy) is 1. The molecular weight excluding hydrogens is 437 g/mol. The van der Waals surface area contributed by atoms with E-state index in [1.54, 1.807) is 31.6 Å². The molecular formula is C22H17F3N6O2. The standard InChI is InChI=1S/C22H17F3N6O2/c1-31(18-10-33-9-17-12(18)2-3-19(29-17)22(23,24)25)21(32)15-6-13-14-7-27-5-4-11(14)20(26)30-16(13)8-28-15/h2-8,18H,9-10H2,1H3,(H2,26,30)/t18-/m1/s1. The summed E-state index contributed by atoms with van der Waals surface area (Å²) in [4.78, 5) is 31.1. The van der Waals surface area contributed by atoms with Crippen molar-refractivity contribution in [2.45, 2.75) is 18.8 Å². The van der Waals surface area contributed by atoms with E-state index in [4.69, 9.17) is 10.5 Å². The summed E-state index contributed by atoms with van der Waals surface area (Å²) >= 11 is 0. The van der Waals surface area contributed by atoms with Gasteiger partial charge in [0.1, 0.15) is 17.2 Å². The Kier molecular flexibility index (Phi) is 4.85. The molecule has 5 heterocycles. The van der Waals surface area contributed by atoms with Gasteiger partial charge in [0.25, 0.3) is 5.91 Å². The number of halogens is 3. The fraction of sp³-hybridized carbons (Fsp3) is 0.227. The number of likely N-dealkylation sites (N-methyl/N-ethyl adjacent to an activating group) is 1. The first-order valence-corrected chi connectivity index (χ1v) is 9.95. The summed E-state index contributed by atoms with van der Waals surface area (Å²) < 4.78 is 44.5. The molecule has 4 aromatic rings. The summed E-state index contributed by atoms with van der Waals surface area (Å²) in [6.07, 6.45) is 0.143. The predicted octanol–water partition coefficient (Wildman–Crippen LogP) is 3.52. The molecule has 0 fully saturated rings. The van der Waals surface area contributed by atoms with Gasteiger partial charge in [-0.2, -0.15) is 13.2 Å². The van der Waals surface area contributed by atoms with E-state index in [0.29, 0.717) is 27.7 Å². The third-order valence-corrected chi connectivity index (χ3v) is 5.69. The molecule has 0 unspecified atom stereocenters. The molecule has 8 nitrogen and oxygen atoms in total. The highest BCUT2D eigenvalue weighted by atomic mass is 19.4. The van der Waals surface area contributed by atoms with Crippen molar-refractivity contribution in [2.24, 2.45) is 0 Å². The average Bonchev–Trinajstić information content (AvgIpc) is 2.82. The molecule has 4 aromatic heterocycles. The zero-order chi connectivity index (χ0) is 23.3. The number of nitrogens with two attached hydrogens (primary N) is 1. The Balaban J connectivity index is 1.52. The van der Waals surface area contributed by atoms with Gasteiger partial charge >= 0.3 is 6.18 Å². The van der Waals surface area contributed by atoms with Crippen LogP contribution in [0, 0.1) is 0 Å². The van der Waals surface area contributed by atoms with Crippen molar-refractivity contribution in [1.29, 1.82) is 0 Å². The number of nitrogens with zero attached hydrogens (tertiary/aromatic N) is 5. The molecule has 0 aliphatic carbocycles. The van der Waals surface area contributed by atoms with E-state index in [1.165, 1.54) is 17.2 Å². The second-order valence-corrected chi connectivity index (χ2v) is 7.68. The van der Waals surface area contributed by atoms with Crippen LogP contribution in [0.4, 0.5) is 19.0 Å². The number of alkyl halides is 3. The first kappa shape index (κ1) is 21.0. The van der Waals surface area contributed by atoms with Crippen LogP contribution in [0.25, 0.3) is 21.7 Å². The summed E-state index contributed by atoms with van der Waals surface area (Å²) in [6, 6.07) is 5.00. The normalized spacial score (nSPS) is 16.1. The van der Waals surface area contributed by atoms with Gasteiger partial charge in [-0.25, -0.2) is 15.0 Å². The van der Waals surface area contributed by atoms with Crippen LogP contribution in [-0.2, 0) is 17.5 Å². The molecule has 1 aliphatic heterocycles. The van der Waals surface area contributed by atoms with Crippen molar-refractivity contribution in [3.8, 4) is 0 Å². The van der Waals surface area contributed by atoms with E-state index in [2.05, 4.69) is 19.9 Å². The monoisotopic (exact) mass is 454 g/mol. The van der Waals surface area contributed by atoms with Crippen LogP contribution >= 0.6 is 0 Å². The van der Waals surface area contributed by atoms with Crippen LogP contribution in [0.5, 0.6) is 0 Å². The smallest absolute Gasteiger partial charge is 0.383 e. The molecule has 33 heavy (non-hydrogen) atoms. The van der Waals surface area contributed by atoms with Gasteiger partial charge in [-0.3, -0.25) is 9.78 Å². The lowest BCUT2D eigenvalue weighted by molar-refractivity contribution is -0.141. The fourth-order valence-electron chi connectivity index (χ4n) is 3.98. The highest BCUT2D eigenvalue weighted by Gasteiger charge is 2.35. The lowest BCUT2D eigenvalue weighted by Crippen LogP contribution is -2.37. The third-order valence-electron chi connectivity index (χ3n) is 5.69. The molecule has 11 heteroatoms. The summed E-state index contributed by atoms with van der Waals surface area (Å²) in [5, 5.41) is 2.10. The molecule has 0 spiro atoms. The SMILES string of the molecule is CN(C(=O)c1cc2c(cn1)nc(N)c1ccncc12)[C@@H]1COCc2nc(C(F)(F)F)ccc21. The molecule has 1 atom stereocenters. The molecule has 0 saturated heterocycles. The van der Waals surface area contributed by atoms with E-state index < -0.39 is 23.8 Å². The molecule has 0 aromatic carbocycles. The number of pyridine rings is 4. The van der Waals surface area contributed by atoms with Crippen LogP contribution in [0.2, 0.25) is 0 Å². The number of anilines is 1. The molecule has 0 radical (unpaired) electrons. The van der Waals surface area contributed by atoms with Gasteiger partial charge in [-0.15, -0.1) is 0 Å². The third kappa shape index (κ3) is 3.59. The molecule has 1 aliphatic rings. The van der Waals surface area contributed by atoms with Gasteiger partial charge < -0.3 is 15.4 Å². The topological polar surface area (TPSA) is 107 Å². The number of amides is 1. The van der Waals surface area contributed by atoms with Crippen LogP contribution in [0.15, 0.2) is 42.9 Å². The minimum absolute atomic E-state index is 0.0575. The minimum atomic E-state index is -4.56. The number of hydrogen-bond donors (Lipinski definition) is 1. The first-order valence-electron chi connectivity index (χ1n) is 9.95. The van der Waals surface area contributed by atoms with Gasteiger partial charge in [0.2, 0.25) is 0 Å². The maximum absolute atomic E-state index is 13.3. The van der Waals surface area contributed by atoms with Gasteiger partial charge in [-0.05, 0) is 18.2 Å². The van der Waals surface area contributed by atoms with E-state index >= 15 is 0 Å². The van der Waals surface area contributed by atoms with Crippen molar-refractivity contribution in [2.75, 3.05) is 19.4 Å². The van der Waals surface area contributed by atoms with Crippen molar-refractivity contribution in [1.82, 2.24) is 24.8 Å². The largest absolute Gasteiger partial charge is 0.433 e. The lowest BCUT2D eigenvalue weighted by atomic mass is 10.0. The molecule has 2 N–H and O–H groups in total. The Labute approximate surface area is 185 Å². The van der Waals surface area contributed by atoms with Crippen LogP contribution < -0.4 is 5.73 Å². The second kappa shape index (κ2) is 7.62.